The number of benzene rings is 1. The van der Waals surface area contributed by atoms with Crippen LogP contribution in [0.2, 0.25) is 0 Å². The minimum Gasteiger partial charge on any atom is -0.392 e. The van der Waals surface area contributed by atoms with Gasteiger partial charge in [-0.15, -0.1) is 6.58 Å². The molecule has 4 nitrogen and oxygen atoms in total. The average molecular weight is 348 g/mol. The van der Waals surface area contributed by atoms with Crippen molar-refractivity contribution in [2.24, 2.45) is 0 Å². The predicted molar refractivity (Wildman–Crippen MR) is 79.3 cm³/mol. The maximum absolute atomic E-state index is 12.6. The van der Waals surface area contributed by atoms with Crippen molar-refractivity contribution in [3.05, 3.63) is 40.9 Å². The first kappa shape index (κ1) is 16.4. The van der Waals surface area contributed by atoms with Crippen LogP contribution in [-0.2, 0) is 16.6 Å². The molecule has 1 rings (SSSR count). The Morgan fingerprint density at radius 1 is 1.47 bits per heavy atom. The van der Waals surface area contributed by atoms with Crippen LogP contribution in [-0.4, -0.2) is 30.4 Å². The number of hydrogen-bond acceptors (Lipinski definition) is 3. The number of hydrogen-bond donors (Lipinski definition) is 1. The second-order valence-corrected chi connectivity index (χ2v) is 7.09. The molecule has 0 amide bonds. The highest BCUT2D eigenvalue weighted by molar-refractivity contribution is 9.10. The van der Waals surface area contributed by atoms with E-state index in [-0.39, 0.29) is 24.1 Å². The molecular formula is C13H18BrNO3S. The van der Waals surface area contributed by atoms with Crippen LogP contribution in [0.3, 0.4) is 0 Å². The number of sulfonamides is 1. The fourth-order valence-electron chi connectivity index (χ4n) is 1.69. The standard InChI is InChI=1S/C13H18BrNO3S/c1-4-7-15(10(2)3)19(17,18)13-6-5-11(9-16)8-12(13)14/h4-6,8,10,16H,1,7,9H2,2-3H3. The van der Waals surface area contributed by atoms with Crippen LogP contribution in [0.1, 0.15) is 19.4 Å². The molecule has 0 unspecified atom stereocenters. The number of nitrogens with zero attached hydrogens (tertiary/aromatic N) is 1. The maximum atomic E-state index is 12.6. The summed E-state index contributed by atoms with van der Waals surface area (Å²) in [6.07, 6.45) is 1.56. The Kier molecular flexibility index (Phi) is 5.73. The second kappa shape index (κ2) is 6.65. The Bertz CT molecular complexity index is 555. The first-order valence-electron chi connectivity index (χ1n) is 5.86. The summed E-state index contributed by atoms with van der Waals surface area (Å²) in [4.78, 5) is 0.195. The summed E-state index contributed by atoms with van der Waals surface area (Å²) in [6.45, 7) is 7.35. The van der Waals surface area contributed by atoms with Gasteiger partial charge >= 0.3 is 0 Å². The van der Waals surface area contributed by atoms with Crippen LogP contribution in [0.5, 0.6) is 0 Å². The maximum Gasteiger partial charge on any atom is 0.244 e. The van der Waals surface area contributed by atoms with Crippen molar-refractivity contribution in [2.75, 3.05) is 6.54 Å². The molecule has 0 saturated carbocycles. The van der Waals surface area contributed by atoms with Crippen molar-refractivity contribution in [3.8, 4) is 0 Å². The Morgan fingerprint density at radius 3 is 2.53 bits per heavy atom. The lowest BCUT2D eigenvalue weighted by molar-refractivity contribution is 0.281. The third-order valence-electron chi connectivity index (χ3n) is 2.65. The second-order valence-electron chi connectivity index (χ2n) is 4.38. The van der Waals surface area contributed by atoms with Crippen LogP contribution < -0.4 is 0 Å². The van der Waals surface area contributed by atoms with E-state index in [2.05, 4.69) is 22.5 Å². The third kappa shape index (κ3) is 3.66. The third-order valence-corrected chi connectivity index (χ3v) is 5.67. The summed E-state index contributed by atoms with van der Waals surface area (Å²) in [5.74, 6) is 0. The van der Waals surface area contributed by atoms with E-state index in [4.69, 9.17) is 5.11 Å². The summed E-state index contributed by atoms with van der Waals surface area (Å²) in [5, 5.41) is 9.04. The number of aliphatic hydroxyl groups excluding tert-OH is 1. The molecule has 0 fully saturated rings. The average Bonchev–Trinajstić information content (AvgIpc) is 2.34. The molecule has 0 spiro atoms. The molecule has 1 aromatic carbocycles. The molecule has 0 atom stereocenters. The van der Waals surface area contributed by atoms with Gasteiger partial charge in [-0.25, -0.2) is 8.42 Å². The summed E-state index contributed by atoms with van der Waals surface area (Å²) in [6, 6.07) is 4.56. The van der Waals surface area contributed by atoms with Gasteiger partial charge in [0.2, 0.25) is 10.0 Å². The minimum atomic E-state index is -3.58. The van der Waals surface area contributed by atoms with Gasteiger partial charge in [-0.05, 0) is 47.5 Å². The van der Waals surface area contributed by atoms with E-state index in [1.165, 1.54) is 10.4 Å². The van der Waals surface area contributed by atoms with Gasteiger partial charge in [0.25, 0.3) is 0 Å². The lowest BCUT2D eigenvalue weighted by Crippen LogP contribution is -2.37. The van der Waals surface area contributed by atoms with E-state index in [9.17, 15) is 8.42 Å². The van der Waals surface area contributed by atoms with Crippen molar-refractivity contribution in [2.45, 2.75) is 31.4 Å². The molecule has 0 heterocycles. The minimum absolute atomic E-state index is 0.126. The Morgan fingerprint density at radius 2 is 2.11 bits per heavy atom. The zero-order chi connectivity index (χ0) is 14.6. The fourth-order valence-corrected chi connectivity index (χ4v) is 4.39. The molecule has 0 aliphatic rings. The SMILES string of the molecule is C=CCN(C(C)C)S(=O)(=O)c1ccc(CO)cc1Br. The van der Waals surface area contributed by atoms with E-state index >= 15 is 0 Å². The highest BCUT2D eigenvalue weighted by atomic mass is 79.9. The molecule has 19 heavy (non-hydrogen) atoms. The molecule has 1 N–H and O–H groups in total. The summed E-state index contributed by atoms with van der Waals surface area (Å²) < 4.78 is 27.0. The van der Waals surface area contributed by atoms with Gasteiger partial charge < -0.3 is 5.11 Å². The Balaban J connectivity index is 3.29. The molecule has 0 aromatic heterocycles. The molecule has 0 aliphatic heterocycles. The molecule has 6 heteroatoms. The van der Waals surface area contributed by atoms with Crippen molar-refractivity contribution in [3.63, 3.8) is 0 Å². The smallest absolute Gasteiger partial charge is 0.244 e. The fraction of sp³-hybridized carbons (Fsp3) is 0.385. The van der Waals surface area contributed by atoms with Crippen LogP contribution in [0, 0.1) is 0 Å². The highest BCUT2D eigenvalue weighted by Crippen LogP contribution is 2.27. The van der Waals surface area contributed by atoms with Gasteiger partial charge in [-0.1, -0.05) is 12.1 Å². The van der Waals surface area contributed by atoms with E-state index < -0.39 is 10.0 Å². The number of aliphatic hydroxyl groups is 1. The topological polar surface area (TPSA) is 57.6 Å². The lowest BCUT2D eigenvalue weighted by Gasteiger charge is -2.25. The van der Waals surface area contributed by atoms with E-state index in [1.54, 1.807) is 18.2 Å². The summed E-state index contributed by atoms with van der Waals surface area (Å²) in [5.41, 5.74) is 0.658. The first-order valence-corrected chi connectivity index (χ1v) is 8.10. The van der Waals surface area contributed by atoms with E-state index in [0.29, 0.717) is 10.0 Å². The van der Waals surface area contributed by atoms with Gasteiger partial charge in [-0.3, -0.25) is 0 Å². The molecule has 106 valence electrons. The monoisotopic (exact) mass is 347 g/mol. The molecular weight excluding hydrogens is 330 g/mol. The van der Waals surface area contributed by atoms with Gasteiger partial charge in [-0.2, -0.15) is 4.31 Å². The van der Waals surface area contributed by atoms with Gasteiger partial charge in [0.05, 0.1) is 11.5 Å². The normalized spacial score (nSPS) is 12.1. The summed E-state index contributed by atoms with van der Waals surface area (Å²) in [7, 11) is -3.58. The van der Waals surface area contributed by atoms with Crippen molar-refractivity contribution in [1.82, 2.24) is 4.31 Å². The van der Waals surface area contributed by atoms with Crippen molar-refractivity contribution >= 4 is 26.0 Å². The molecule has 0 saturated heterocycles. The lowest BCUT2D eigenvalue weighted by atomic mass is 10.2. The predicted octanol–water partition coefficient (Wildman–Crippen LogP) is 2.53. The highest BCUT2D eigenvalue weighted by Gasteiger charge is 2.27. The largest absolute Gasteiger partial charge is 0.392 e. The molecule has 1 aromatic rings. The molecule has 0 radical (unpaired) electrons. The number of halogens is 1. The van der Waals surface area contributed by atoms with Crippen molar-refractivity contribution < 1.29 is 13.5 Å². The Labute approximate surface area is 122 Å². The summed E-state index contributed by atoms with van der Waals surface area (Å²) >= 11 is 3.25. The van der Waals surface area contributed by atoms with Gasteiger partial charge in [0.15, 0.2) is 0 Å². The Hall–Kier alpha value is -0.690. The molecule has 0 bridgehead atoms. The molecule has 0 aliphatic carbocycles. The van der Waals surface area contributed by atoms with E-state index in [0.717, 1.165) is 0 Å². The van der Waals surface area contributed by atoms with Crippen LogP contribution in [0.25, 0.3) is 0 Å². The van der Waals surface area contributed by atoms with Crippen molar-refractivity contribution in [1.29, 1.82) is 0 Å². The van der Waals surface area contributed by atoms with Crippen LogP contribution in [0.4, 0.5) is 0 Å². The van der Waals surface area contributed by atoms with Gasteiger partial charge in [0.1, 0.15) is 0 Å². The quantitative estimate of drug-likeness (QED) is 0.804. The van der Waals surface area contributed by atoms with Crippen LogP contribution >= 0.6 is 15.9 Å². The first-order chi connectivity index (χ1) is 8.84. The van der Waals surface area contributed by atoms with Gasteiger partial charge in [0, 0.05) is 17.1 Å². The zero-order valence-electron chi connectivity index (χ0n) is 11.0. The zero-order valence-corrected chi connectivity index (χ0v) is 13.4. The van der Waals surface area contributed by atoms with Crippen LogP contribution in [0.15, 0.2) is 40.2 Å². The number of rotatable bonds is 6. The van der Waals surface area contributed by atoms with E-state index in [1.807, 2.05) is 13.8 Å².